The lowest BCUT2D eigenvalue weighted by Crippen LogP contribution is -2.20. The van der Waals surface area contributed by atoms with Crippen molar-refractivity contribution >= 4 is 51.9 Å². The highest BCUT2D eigenvalue weighted by molar-refractivity contribution is 7.08. The summed E-state index contributed by atoms with van der Waals surface area (Å²) in [6.45, 7) is 3.74. The fourth-order valence-electron chi connectivity index (χ4n) is 3.07. The van der Waals surface area contributed by atoms with Crippen LogP contribution in [0, 0.1) is 12.8 Å². The van der Waals surface area contributed by atoms with E-state index in [9.17, 15) is 14.7 Å². The molecule has 0 aromatic carbocycles. The van der Waals surface area contributed by atoms with Crippen molar-refractivity contribution in [3.8, 4) is 5.13 Å². The van der Waals surface area contributed by atoms with E-state index in [1.807, 2.05) is 6.21 Å². The number of aryl methyl sites for hydroxylation is 1. The molecule has 0 saturated heterocycles. The summed E-state index contributed by atoms with van der Waals surface area (Å²) >= 11 is 7.17. The molecule has 0 saturated carbocycles. The van der Waals surface area contributed by atoms with Gasteiger partial charge in [-0.15, -0.1) is 0 Å². The number of pyridine rings is 2. The predicted molar refractivity (Wildman–Crippen MR) is 108 cm³/mol. The number of allylic oxidation sites excluding steroid dienone is 1. The van der Waals surface area contributed by atoms with Gasteiger partial charge in [0.2, 0.25) is 10.6 Å². The van der Waals surface area contributed by atoms with Crippen LogP contribution in [0.1, 0.15) is 35.1 Å². The number of halogens is 1. The zero-order valence-electron chi connectivity index (χ0n) is 14.9. The Bertz CT molecular complexity index is 1240. The third kappa shape index (κ3) is 3.02. The van der Waals surface area contributed by atoms with Gasteiger partial charge in [-0.25, -0.2) is 9.78 Å². The number of aromatic nitrogens is 4. The molecule has 3 aromatic heterocycles. The van der Waals surface area contributed by atoms with E-state index in [-0.39, 0.29) is 27.7 Å². The molecule has 1 unspecified atom stereocenters. The van der Waals surface area contributed by atoms with Crippen molar-refractivity contribution in [1.82, 2.24) is 18.9 Å². The third-order valence-corrected chi connectivity index (χ3v) is 5.45. The number of hydrogen-bond donors (Lipinski definition) is 1. The summed E-state index contributed by atoms with van der Waals surface area (Å²) in [5.41, 5.74) is 0.705. The Morgan fingerprint density at radius 1 is 1.39 bits per heavy atom. The molecule has 1 aliphatic rings. The Labute approximate surface area is 168 Å². The SMILES string of the molecule is Cc1cc(Cl)nc2c1c(=O)c(C(=O)O)cn2-c1nc(C2=CN=CCC2C)ns1. The first kappa shape index (κ1) is 18.5. The number of hydrogen-bond acceptors (Lipinski definition) is 7. The van der Waals surface area contributed by atoms with Crippen LogP contribution in [0.25, 0.3) is 21.7 Å². The molecule has 4 heterocycles. The lowest BCUT2D eigenvalue weighted by Gasteiger charge is -2.13. The summed E-state index contributed by atoms with van der Waals surface area (Å²) in [6.07, 6.45) is 5.58. The van der Waals surface area contributed by atoms with Crippen LogP contribution in [0.2, 0.25) is 5.15 Å². The van der Waals surface area contributed by atoms with Gasteiger partial charge < -0.3 is 5.11 Å². The minimum atomic E-state index is -1.32. The third-order valence-electron chi connectivity index (χ3n) is 4.54. The fourth-order valence-corrected chi connectivity index (χ4v) is 3.98. The van der Waals surface area contributed by atoms with E-state index < -0.39 is 11.4 Å². The molecule has 0 amide bonds. The van der Waals surface area contributed by atoms with Gasteiger partial charge in [-0.3, -0.25) is 14.4 Å². The van der Waals surface area contributed by atoms with Crippen LogP contribution in [0.4, 0.5) is 0 Å². The van der Waals surface area contributed by atoms with Crippen molar-refractivity contribution in [2.24, 2.45) is 10.9 Å². The Morgan fingerprint density at radius 3 is 2.89 bits per heavy atom. The smallest absolute Gasteiger partial charge is 0.341 e. The summed E-state index contributed by atoms with van der Waals surface area (Å²) in [4.78, 5) is 37.2. The van der Waals surface area contributed by atoms with E-state index in [0.29, 0.717) is 16.5 Å². The first-order valence-corrected chi connectivity index (χ1v) is 9.54. The van der Waals surface area contributed by atoms with Crippen LogP contribution in [0.3, 0.4) is 0 Å². The lowest BCUT2D eigenvalue weighted by atomic mass is 9.97. The lowest BCUT2D eigenvalue weighted by molar-refractivity contribution is 0.0695. The summed E-state index contributed by atoms with van der Waals surface area (Å²) < 4.78 is 5.85. The number of rotatable bonds is 3. The maximum Gasteiger partial charge on any atom is 0.341 e. The van der Waals surface area contributed by atoms with E-state index in [4.69, 9.17) is 11.6 Å². The Balaban J connectivity index is 1.98. The molecule has 0 fully saturated rings. The monoisotopic (exact) mass is 415 g/mol. The van der Waals surface area contributed by atoms with E-state index in [0.717, 1.165) is 23.5 Å². The predicted octanol–water partition coefficient (Wildman–Crippen LogP) is 3.35. The van der Waals surface area contributed by atoms with Crippen molar-refractivity contribution in [2.45, 2.75) is 20.3 Å². The molecule has 1 atom stereocenters. The highest BCUT2D eigenvalue weighted by Crippen LogP contribution is 2.29. The second kappa shape index (κ2) is 6.92. The Hall–Kier alpha value is -2.91. The quantitative estimate of drug-likeness (QED) is 0.657. The van der Waals surface area contributed by atoms with E-state index >= 15 is 0 Å². The largest absolute Gasteiger partial charge is 0.477 e. The van der Waals surface area contributed by atoms with Gasteiger partial charge >= 0.3 is 5.97 Å². The van der Waals surface area contributed by atoms with Gasteiger partial charge in [0, 0.05) is 35.7 Å². The van der Waals surface area contributed by atoms with Crippen LogP contribution in [0.5, 0.6) is 0 Å². The molecular formula is C18H14ClN5O3S. The molecule has 1 aliphatic heterocycles. The van der Waals surface area contributed by atoms with E-state index in [2.05, 4.69) is 26.3 Å². The molecule has 1 N–H and O–H groups in total. The summed E-state index contributed by atoms with van der Waals surface area (Å²) in [5.74, 6) is -0.584. The zero-order chi connectivity index (χ0) is 20.0. The van der Waals surface area contributed by atoms with Crippen molar-refractivity contribution in [3.05, 3.63) is 50.8 Å². The minimum Gasteiger partial charge on any atom is -0.477 e. The maximum atomic E-state index is 12.6. The van der Waals surface area contributed by atoms with Crippen molar-refractivity contribution in [1.29, 1.82) is 0 Å². The van der Waals surface area contributed by atoms with Crippen LogP contribution < -0.4 is 5.43 Å². The van der Waals surface area contributed by atoms with E-state index in [1.54, 1.807) is 13.1 Å². The summed E-state index contributed by atoms with van der Waals surface area (Å²) in [7, 11) is 0. The first-order valence-electron chi connectivity index (χ1n) is 8.38. The van der Waals surface area contributed by atoms with Crippen molar-refractivity contribution in [3.63, 3.8) is 0 Å². The molecule has 142 valence electrons. The number of fused-ring (bicyclic) bond motifs is 1. The molecule has 0 aliphatic carbocycles. The standard InChI is InChI=1S/C18H14ClN5O3S/c1-8-3-4-20-6-10(8)15-22-18(28-23-15)24-7-11(17(26)27)14(25)13-9(2)5-12(19)21-16(13)24/h4-8H,3H2,1-2H3,(H,26,27). The highest BCUT2D eigenvalue weighted by atomic mass is 35.5. The molecule has 28 heavy (non-hydrogen) atoms. The van der Waals surface area contributed by atoms with Crippen LogP contribution in [-0.4, -0.2) is 36.2 Å². The molecule has 0 radical (unpaired) electrons. The number of carboxylic acid groups (broad SMARTS) is 1. The number of carboxylic acids is 1. The zero-order valence-corrected chi connectivity index (χ0v) is 16.5. The average Bonchev–Trinajstić information content (AvgIpc) is 3.11. The second-order valence-corrected chi connectivity index (χ2v) is 7.58. The minimum absolute atomic E-state index is 0.191. The van der Waals surface area contributed by atoms with Gasteiger partial charge in [0.05, 0.1) is 5.39 Å². The number of aromatic carboxylic acids is 1. The molecule has 0 spiro atoms. The van der Waals surface area contributed by atoms with Gasteiger partial charge in [0.1, 0.15) is 10.7 Å². The van der Waals surface area contributed by atoms with Crippen LogP contribution in [-0.2, 0) is 0 Å². The summed E-state index contributed by atoms with van der Waals surface area (Å²) in [6, 6.07) is 1.53. The average molecular weight is 416 g/mol. The molecule has 0 bridgehead atoms. The second-order valence-electron chi connectivity index (χ2n) is 6.46. The fraction of sp³-hybridized carbons (Fsp3) is 0.222. The molecule has 3 aromatic rings. The van der Waals surface area contributed by atoms with Gasteiger partial charge in [0.15, 0.2) is 11.5 Å². The maximum absolute atomic E-state index is 12.6. The normalized spacial score (nSPS) is 16.4. The number of nitrogens with zero attached hydrogens (tertiary/aromatic N) is 5. The molecular weight excluding hydrogens is 402 g/mol. The molecule has 8 nitrogen and oxygen atoms in total. The topological polar surface area (TPSA) is 110 Å². The van der Waals surface area contributed by atoms with Crippen molar-refractivity contribution in [2.75, 3.05) is 0 Å². The van der Waals surface area contributed by atoms with Gasteiger partial charge in [-0.2, -0.15) is 9.36 Å². The molecule has 10 heteroatoms. The van der Waals surface area contributed by atoms with E-state index in [1.165, 1.54) is 16.8 Å². The van der Waals surface area contributed by atoms with Crippen molar-refractivity contribution < 1.29 is 9.90 Å². The van der Waals surface area contributed by atoms with Gasteiger partial charge in [-0.05, 0) is 30.9 Å². The Kier molecular flexibility index (Phi) is 4.56. The molecule has 4 rings (SSSR count). The first-order chi connectivity index (χ1) is 13.4. The van der Waals surface area contributed by atoms with Crippen LogP contribution in [0.15, 0.2) is 28.3 Å². The number of aliphatic imine (C=N–C) groups is 1. The number of carbonyl (C=O) groups is 1. The summed E-state index contributed by atoms with van der Waals surface area (Å²) in [5, 5.41) is 10.2. The highest BCUT2D eigenvalue weighted by Gasteiger charge is 2.22. The van der Waals surface area contributed by atoms with Crippen LogP contribution >= 0.6 is 23.1 Å². The Morgan fingerprint density at radius 2 is 2.18 bits per heavy atom. The van der Waals surface area contributed by atoms with Gasteiger partial charge in [-0.1, -0.05) is 18.5 Å². The van der Waals surface area contributed by atoms with Gasteiger partial charge in [0.25, 0.3) is 0 Å².